The smallest absolute Gasteiger partial charge is 0.185 e. The maximum atomic E-state index is 4.88. The normalized spacial score (nSPS) is 10.8. The molecule has 1 aromatic carbocycles. The van der Waals surface area contributed by atoms with Gasteiger partial charge in [-0.25, -0.2) is 4.98 Å². The van der Waals surface area contributed by atoms with Gasteiger partial charge < -0.3 is 10.2 Å². The number of unbranched alkanes of at least 4 members (excludes halogenated alkanes) is 2. The van der Waals surface area contributed by atoms with E-state index in [9.17, 15) is 0 Å². The van der Waals surface area contributed by atoms with E-state index in [1.807, 2.05) is 13.1 Å². The second-order valence-electron chi connectivity index (χ2n) is 5.29. The summed E-state index contributed by atoms with van der Waals surface area (Å²) >= 11 is 1.80. The zero-order chi connectivity index (χ0) is 15.1. The van der Waals surface area contributed by atoms with Gasteiger partial charge in [0.25, 0.3) is 0 Å². The van der Waals surface area contributed by atoms with Crippen LogP contribution in [0, 0.1) is 0 Å². The SMILES string of the molecule is CCCCCN(C)c1nc(-c2ccccc2)c(CNC)s1. The fraction of sp³-hybridized carbons (Fsp3) is 0.471. The molecule has 0 radical (unpaired) electrons. The summed E-state index contributed by atoms with van der Waals surface area (Å²) in [6.45, 7) is 4.18. The van der Waals surface area contributed by atoms with Crippen LogP contribution in [0.25, 0.3) is 11.3 Å². The molecule has 1 aromatic heterocycles. The van der Waals surface area contributed by atoms with E-state index in [2.05, 4.69) is 48.5 Å². The number of rotatable bonds is 8. The molecule has 1 heterocycles. The van der Waals surface area contributed by atoms with Crippen LogP contribution < -0.4 is 10.2 Å². The summed E-state index contributed by atoms with van der Waals surface area (Å²) in [7, 11) is 4.13. The van der Waals surface area contributed by atoms with Crippen LogP contribution in [-0.2, 0) is 6.54 Å². The molecule has 4 heteroatoms. The quantitative estimate of drug-likeness (QED) is 0.742. The molecule has 0 atom stereocenters. The molecule has 0 saturated heterocycles. The van der Waals surface area contributed by atoms with Crippen LogP contribution in [0.3, 0.4) is 0 Å². The zero-order valence-electron chi connectivity index (χ0n) is 13.2. The van der Waals surface area contributed by atoms with Crippen molar-refractivity contribution in [3.8, 4) is 11.3 Å². The van der Waals surface area contributed by atoms with Crippen LogP contribution in [0.1, 0.15) is 31.1 Å². The summed E-state index contributed by atoms with van der Waals surface area (Å²) < 4.78 is 0. The highest BCUT2D eigenvalue weighted by atomic mass is 32.1. The Bertz CT molecular complexity index is 536. The van der Waals surface area contributed by atoms with Gasteiger partial charge in [-0.1, -0.05) is 61.4 Å². The van der Waals surface area contributed by atoms with Crippen LogP contribution >= 0.6 is 11.3 Å². The Balaban J connectivity index is 2.20. The second kappa shape index (κ2) is 8.15. The lowest BCUT2D eigenvalue weighted by Crippen LogP contribution is -2.18. The summed E-state index contributed by atoms with van der Waals surface area (Å²) in [5.41, 5.74) is 2.32. The van der Waals surface area contributed by atoms with Crippen LogP contribution in [0.2, 0.25) is 0 Å². The van der Waals surface area contributed by atoms with Crippen LogP contribution in [0.4, 0.5) is 5.13 Å². The molecule has 2 rings (SSSR count). The van der Waals surface area contributed by atoms with Gasteiger partial charge in [0.05, 0.1) is 5.69 Å². The molecule has 0 unspecified atom stereocenters. The largest absolute Gasteiger partial charge is 0.351 e. The number of aromatic nitrogens is 1. The van der Waals surface area contributed by atoms with Gasteiger partial charge in [-0.2, -0.15) is 0 Å². The molecule has 3 nitrogen and oxygen atoms in total. The molecule has 0 spiro atoms. The molecular formula is C17H25N3S. The number of thiazole rings is 1. The summed E-state index contributed by atoms with van der Waals surface area (Å²) in [5.74, 6) is 0. The van der Waals surface area contributed by atoms with E-state index in [4.69, 9.17) is 4.98 Å². The Hall–Kier alpha value is -1.39. The highest BCUT2D eigenvalue weighted by molar-refractivity contribution is 7.16. The zero-order valence-corrected chi connectivity index (χ0v) is 14.0. The topological polar surface area (TPSA) is 28.2 Å². The average molecular weight is 303 g/mol. The van der Waals surface area contributed by atoms with Crippen molar-refractivity contribution in [3.05, 3.63) is 35.2 Å². The first-order valence-corrected chi connectivity index (χ1v) is 8.48. The molecule has 2 aromatic rings. The summed E-state index contributed by atoms with van der Waals surface area (Å²) in [4.78, 5) is 8.47. The van der Waals surface area contributed by atoms with Crippen molar-refractivity contribution in [1.29, 1.82) is 0 Å². The van der Waals surface area contributed by atoms with Gasteiger partial charge in [0.15, 0.2) is 5.13 Å². The van der Waals surface area contributed by atoms with Crippen molar-refractivity contribution >= 4 is 16.5 Å². The molecule has 0 aliphatic rings. The fourth-order valence-electron chi connectivity index (χ4n) is 2.30. The molecule has 21 heavy (non-hydrogen) atoms. The van der Waals surface area contributed by atoms with Gasteiger partial charge >= 0.3 is 0 Å². The lowest BCUT2D eigenvalue weighted by Gasteiger charge is -2.14. The Kier molecular flexibility index (Phi) is 6.21. The summed E-state index contributed by atoms with van der Waals surface area (Å²) in [5, 5.41) is 4.37. The number of nitrogens with zero attached hydrogens (tertiary/aromatic N) is 2. The van der Waals surface area contributed by atoms with Crippen molar-refractivity contribution in [3.63, 3.8) is 0 Å². The minimum Gasteiger partial charge on any atom is -0.351 e. The van der Waals surface area contributed by atoms with Gasteiger partial charge in [-0.05, 0) is 13.5 Å². The van der Waals surface area contributed by atoms with Gasteiger partial charge in [-0.3, -0.25) is 0 Å². The number of nitrogens with one attached hydrogen (secondary N) is 1. The second-order valence-corrected chi connectivity index (χ2v) is 6.36. The minimum absolute atomic E-state index is 0.866. The van der Waals surface area contributed by atoms with Crippen molar-refractivity contribution in [2.75, 3.05) is 25.5 Å². The molecular weight excluding hydrogens is 278 g/mol. The molecule has 0 amide bonds. The van der Waals surface area contributed by atoms with Crippen molar-refractivity contribution in [1.82, 2.24) is 10.3 Å². The molecule has 0 bridgehead atoms. The predicted molar refractivity (Wildman–Crippen MR) is 93.1 cm³/mol. The lowest BCUT2D eigenvalue weighted by molar-refractivity contribution is 0.704. The van der Waals surface area contributed by atoms with E-state index in [0.717, 1.165) is 23.9 Å². The maximum absolute atomic E-state index is 4.88. The molecule has 114 valence electrons. The molecule has 0 aliphatic heterocycles. The monoisotopic (exact) mass is 303 g/mol. The Morgan fingerprint density at radius 3 is 2.62 bits per heavy atom. The average Bonchev–Trinajstić information content (AvgIpc) is 2.93. The van der Waals surface area contributed by atoms with Gasteiger partial charge in [0.2, 0.25) is 0 Å². The van der Waals surface area contributed by atoms with Gasteiger partial charge in [-0.15, -0.1) is 0 Å². The van der Waals surface area contributed by atoms with Gasteiger partial charge in [0.1, 0.15) is 0 Å². The van der Waals surface area contributed by atoms with Gasteiger partial charge in [0, 0.05) is 30.6 Å². The van der Waals surface area contributed by atoms with Crippen LogP contribution in [0.5, 0.6) is 0 Å². The van der Waals surface area contributed by atoms with Crippen molar-refractivity contribution in [2.24, 2.45) is 0 Å². The van der Waals surface area contributed by atoms with E-state index in [-0.39, 0.29) is 0 Å². The first-order valence-electron chi connectivity index (χ1n) is 7.67. The minimum atomic E-state index is 0.866. The Labute approximate surface area is 132 Å². The number of benzene rings is 1. The third kappa shape index (κ3) is 4.29. The summed E-state index contributed by atoms with van der Waals surface area (Å²) in [6, 6.07) is 10.5. The standard InChI is InChI=1S/C17H25N3S/c1-4-5-9-12-20(3)17-19-16(15(21-17)13-18-2)14-10-7-6-8-11-14/h6-8,10-11,18H,4-5,9,12-13H2,1-3H3. The van der Waals surface area contributed by atoms with Crippen LogP contribution in [0.15, 0.2) is 30.3 Å². The number of hydrogen-bond acceptors (Lipinski definition) is 4. The molecule has 0 fully saturated rings. The molecule has 0 saturated carbocycles. The third-order valence-electron chi connectivity index (χ3n) is 3.49. The Morgan fingerprint density at radius 2 is 1.95 bits per heavy atom. The molecule has 0 aliphatic carbocycles. The van der Waals surface area contributed by atoms with E-state index < -0.39 is 0 Å². The third-order valence-corrected chi connectivity index (χ3v) is 4.66. The number of anilines is 1. The lowest BCUT2D eigenvalue weighted by atomic mass is 10.1. The number of hydrogen-bond donors (Lipinski definition) is 1. The van der Waals surface area contributed by atoms with E-state index >= 15 is 0 Å². The Morgan fingerprint density at radius 1 is 1.19 bits per heavy atom. The highest BCUT2D eigenvalue weighted by Gasteiger charge is 2.14. The van der Waals surface area contributed by atoms with E-state index in [1.165, 1.54) is 29.7 Å². The van der Waals surface area contributed by atoms with E-state index in [1.54, 1.807) is 11.3 Å². The van der Waals surface area contributed by atoms with Crippen LogP contribution in [-0.4, -0.2) is 25.6 Å². The fourth-order valence-corrected chi connectivity index (χ4v) is 3.38. The van der Waals surface area contributed by atoms with Crippen molar-refractivity contribution in [2.45, 2.75) is 32.7 Å². The first kappa shape index (κ1) is 16.0. The molecule has 1 N–H and O–H groups in total. The predicted octanol–water partition coefficient (Wildman–Crippen LogP) is 4.16. The van der Waals surface area contributed by atoms with Crippen molar-refractivity contribution < 1.29 is 0 Å². The van der Waals surface area contributed by atoms with E-state index in [0.29, 0.717) is 0 Å². The summed E-state index contributed by atoms with van der Waals surface area (Å²) in [6.07, 6.45) is 3.77. The maximum Gasteiger partial charge on any atom is 0.185 e. The highest BCUT2D eigenvalue weighted by Crippen LogP contribution is 2.32. The first-order chi connectivity index (χ1) is 10.3.